The van der Waals surface area contributed by atoms with Crippen LogP contribution in [0.4, 0.5) is 17.1 Å². The lowest BCUT2D eigenvalue weighted by Crippen LogP contribution is -2.14. The number of ether oxygens (including phenoxy) is 2. The van der Waals surface area contributed by atoms with E-state index in [1.165, 1.54) is 31.4 Å². The Hall–Kier alpha value is -3.79. The maximum absolute atomic E-state index is 12.8. The van der Waals surface area contributed by atoms with E-state index in [0.29, 0.717) is 17.2 Å². The minimum absolute atomic E-state index is 0.191. The summed E-state index contributed by atoms with van der Waals surface area (Å²) in [5.74, 6) is 1.21. The summed E-state index contributed by atoms with van der Waals surface area (Å²) in [7, 11) is -0.992. The molecule has 0 saturated heterocycles. The highest BCUT2D eigenvalue weighted by atomic mass is 32.2. The van der Waals surface area contributed by atoms with Crippen LogP contribution in [-0.2, 0) is 10.0 Å². The van der Waals surface area contributed by atoms with Gasteiger partial charge in [0.05, 0.1) is 30.1 Å². The van der Waals surface area contributed by atoms with E-state index in [9.17, 15) is 18.5 Å². The van der Waals surface area contributed by atoms with Gasteiger partial charge in [-0.05, 0) is 49.4 Å². The Bertz CT molecular complexity index is 1210. The minimum atomic E-state index is -4.04. The molecule has 0 spiro atoms. The molecule has 168 valence electrons. The van der Waals surface area contributed by atoms with E-state index in [1.54, 1.807) is 25.3 Å². The van der Waals surface area contributed by atoms with Crippen LogP contribution in [0.1, 0.15) is 18.5 Å². The van der Waals surface area contributed by atoms with Gasteiger partial charge in [-0.1, -0.05) is 18.2 Å². The Morgan fingerprint density at radius 1 is 0.969 bits per heavy atom. The van der Waals surface area contributed by atoms with Crippen molar-refractivity contribution < 1.29 is 22.8 Å². The zero-order valence-corrected chi connectivity index (χ0v) is 18.5. The molecular formula is C22H23N3O6S. The van der Waals surface area contributed by atoms with Gasteiger partial charge in [0.15, 0.2) is 0 Å². The number of nitrogens with zero attached hydrogens (tertiary/aromatic N) is 1. The average Bonchev–Trinajstić information content (AvgIpc) is 2.79. The third kappa shape index (κ3) is 5.09. The number of sulfonamides is 1. The van der Waals surface area contributed by atoms with Gasteiger partial charge in [0, 0.05) is 17.3 Å². The summed E-state index contributed by atoms with van der Waals surface area (Å²) in [6.07, 6.45) is 0. The van der Waals surface area contributed by atoms with Crippen molar-refractivity contribution in [3.05, 3.63) is 82.4 Å². The Kier molecular flexibility index (Phi) is 6.84. The number of hydrogen-bond acceptors (Lipinski definition) is 7. The van der Waals surface area contributed by atoms with Crippen LogP contribution in [0.5, 0.6) is 11.5 Å². The van der Waals surface area contributed by atoms with E-state index in [4.69, 9.17) is 9.47 Å². The molecule has 0 amide bonds. The van der Waals surface area contributed by atoms with Crippen molar-refractivity contribution in [2.24, 2.45) is 0 Å². The molecule has 2 N–H and O–H groups in total. The predicted molar refractivity (Wildman–Crippen MR) is 122 cm³/mol. The molecule has 0 radical (unpaired) electrons. The fourth-order valence-electron chi connectivity index (χ4n) is 3.16. The van der Waals surface area contributed by atoms with E-state index in [-0.39, 0.29) is 22.3 Å². The molecule has 3 aromatic carbocycles. The number of benzene rings is 3. The number of hydrogen-bond donors (Lipinski definition) is 2. The smallest absolute Gasteiger partial charge is 0.293 e. The quantitative estimate of drug-likeness (QED) is 0.356. The molecule has 0 unspecified atom stereocenters. The predicted octanol–water partition coefficient (Wildman–Crippen LogP) is 4.59. The van der Waals surface area contributed by atoms with Crippen LogP contribution >= 0.6 is 0 Å². The van der Waals surface area contributed by atoms with Gasteiger partial charge in [0.2, 0.25) is 0 Å². The van der Waals surface area contributed by atoms with E-state index >= 15 is 0 Å². The van der Waals surface area contributed by atoms with E-state index in [0.717, 1.165) is 11.6 Å². The normalized spacial score (nSPS) is 12.0. The van der Waals surface area contributed by atoms with Gasteiger partial charge >= 0.3 is 0 Å². The Morgan fingerprint density at radius 2 is 1.66 bits per heavy atom. The van der Waals surface area contributed by atoms with Gasteiger partial charge in [0.25, 0.3) is 15.7 Å². The summed E-state index contributed by atoms with van der Waals surface area (Å²) in [6.45, 7) is 1.83. The lowest BCUT2D eigenvalue weighted by Gasteiger charge is -2.18. The maximum Gasteiger partial charge on any atom is 0.293 e. The molecule has 1 atom stereocenters. The monoisotopic (exact) mass is 457 g/mol. The standard InChI is InChI=1S/C22H23N3O6S/c1-15(19-6-4-5-7-22(19)31-3)23-20-13-12-18(14-21(20)25(26)27)32(28,29)24-16-8-10-17(30-2)11-9-16/h4-15,23-24H,1-3H3/t15-/m0/s1. The number of nitrogens with one attached hydrogen (secondary N) is 2. The third-order valence-electron chi connectivity index (χ3n) is 4.80. The van der Waals surface area contributed by atoms with Crippen molar-refractivity contribution in [3.63, 3.8) is 0 Å². The molecule has 10 heteroatoms. The first-order valence-electron chi connectivity index (χ1n) is 9.60. The average molecular weight is 458 g/mol. The van der Waals surface area contributed by atoms with Crippen molar-refractivity contribution in [1.82, 2.24) is 0 Å². The molecule has 3 aromatic rings. The largest absolute Gasteiger partial charge is 0.497 e. The van der Waals surface area contributed by atoms with Crippen LogP contribution in [0.2, 0.25) is 0 Å². The second-order valence-corrected chi connectivity index (χ2v) is 8.56. The van der Waals surface area contributed by atoms with Gasteiger partial charge in [-0.2, -0.15) is 0 Å². The van der Waals surface area contributed by atoms with Crippen molar-refractivity contribution in [3.8, 4) is 11.5 Å². The van der Waals surface area contributed by atoms with Crippen LogP contribution in [0.15, 0.2) is 71.6 Å². The summed E-state index contributed by atoms with van der Waals surface area (Å²) in [4.78, 5) is 10.8. The topological polar surface area (TPSA) is 120 Å². The Morgan fingerprint density at radius 3 is 2.28 bits per heavy atom. The van der Waals surface area contributed by atoms with Crippen molar-refractivity contribution in [2.75, 3.05) is 24.3 Å². The zero-order chi connectivity index (χ0) is 23.3. The molecular weight excluding hydrogens is 434 g/mol. The minimum Gasteiger partial charge on any atom is -0.497 e. The first-order chi connectivity index (χ1) is 15.2. The van der Waals surface area contributed by atoms with Gasteiger partial charge in [-0.25, -0.2) is 8.42 Å². The molecule has 0 bridgehead atoms. The Balaban J connectivity index is 1.88. The highest BCUT2D eigenvalue weighted by molar-refractivity contribution is 7.92. The molecule has 0 aliphatic rings. The van der Waals surface area contributed by atoms with Crippen LogP contribution in [-0.4, -0.2) is 27.6 Å². The summed E-state index contributed by atoms with van der Waals surface area (Å²) in [5.41, 5.74) is 0.948. The molecule has 0 saturated carbocycles. The SMILES string of the molecule is COc1ccc(NS(=O)(=O)c2ccc(N[C@@H](C)c3ccccc3OC)c([N+](=O)[O-])c2)cc1. The number of methoxy groups -OCH3 is 2. The van der Waals surface area contributed by atoms with Crippen LogP contribution in [0.3, 0.4) is 0 Å². The molecule has 0 heterocycles. The van der Waals surface area contributed by atoms with E-state index in [2.05, 4.69) is 10.0 Å². The highest BCUT2D eigenvalue weighted by Gasteiger charge is 2.23. The van der Waals surface area contributed by atoms with E-state index < -0.39 is 14.9 Å². The maximum atomic E-state index is 12.8. The number of rotatable bonds is 9. The van der Waals surface area contributed by atoms with Gasteiger partial charge in [-0.15, -0.1) is 0 Å². The molecule has 0 aliphatic heterocycles. The van der Waals surface area contributed by atoms with Gasteiger partial charge in [-0.3, -0.25) is 14.8 Å². The fourth-order valence-corrected chi connectivity index (χ4v) is 4.24. The van der Waals surface area contributed by atoms with Gasteiger partial charge in [0.1, 0.15) is 17.2 Å². The molecule has 0 aliphatic carbocycles. The lowest BCUT2D eigenvalue weighted by molar-refractivity contribution is -0.384. The van der Waals surface area contributed by atoms with Crippen molar-refractivity contribution in [1.29, 1.82) is 0 Å². The van der Waals surface area contributed by atoms with Crippen LogP contribution in [0.25, 0.3) is 0 Å². The number of nitro groups is 1. The summed E-state index contributed by atoms with van der Waals surface area (Å²) in [6, 6.07) is 17.0. The second kappa shape index (κ2) is 9.56. The molecule has 0 aromatic heterocycles. The van der Waals surface area contributed by atoms with Crippen LogP contribution in [0, 0.1) is 10.1 Å². The molecule has 32 heavy (non-hydrogen) atoms. The lowest BCUT2D eigenvalue weighted by atomic mass is 10.1. The van der Waals surface area contributed by atoms with E-state index in [1.807, 2.05) is 25.1 Å². The summed E-state index contributed by atoms with van der Waals surface area (Å²) >= 11 is 0. The second-order valence-electron chi connectivity index (χ2n) is 6.88. The molecule has 3 rings (SSSR count). The van der Waals surface area contributed by atoms with Gasteiger partial charge < -0.3 is 14.8 Å². The fraction of sp³-hybridized carbons (Fsp3) is 0.182. The Labute approximate surface area is 186 Å². The summed E-state index contributed by atoms with van der Waals surface area (Å²) in [5, 5.41) is 14.8. The zero-order valence-electron chi connectivity index (χ0n) is 17.7. The summed E-state index contributed by atoms with van der Waals surface area (Å²) < 4.78 is 38.3. The number of anilines is 2. The molecule has 9 nitrogen and oxygen atoms in total. The van der Waals surface area contributed by atoms with Crippen LogP contribution < -0.4 is 19.5 Å². The first-order valence-corrected chi connectivity index (χ1v) is 11.1. The molecule has 0 fully saturated rings. The van der Waals surface area contributed by atoms with Crippen molar-refractivity contribution in [2.45, 2.75) is 17.9 Å². The first kappa shape index (κ1) is 22.9. The number of para-hydroxylation sites is 1. The third-order valence-corrected chi connectivity index (χ3v) is 6.17. The van der Waals surface area contributed by atoms with Crippen molar-refractivity contribution >= 4 is 27.1 Å². The highest BCUT2D eigenvalue weighted by Crippen LogP contribution is 2.33. The number of nitro benzene ring substituents is 1.